The monoisotopic (exact) mass is 482 g/mol. The minimum absolute atomic E-state index is 0.0741. The molecule has 1 heterocycles. The maximum absolute atomic E-state index is 12.7. The molecular weight excluding hydrogens is 456 g/mol. The molecular formula is C25H26N2O6S. The number of hydrogen-bond acceptors (Lipinski definition) is 6. The van der Waals surface area contributed by atoms with Crippen molar-refractivity contribution >= 4 is 15.9 Å². The van der Waals surface area contributed by atoms with Gasteiger partial charge in [0.15, 0.2) is 0 Å². The number of ether oxygens (including phenoxy) is 1. The van der Waals surface area contributed by atoms with Crippen molar-refractivity contribution in [1.82, 2.24) is 10.0 Å². The Kier molecular flexibility index (Phi) is 7.11. The van der Waals surface area contributed by atoms with Gasteiger partial charge in [-0.05, 0) is 35.4 Å². The van der Waals surface area contributed by atoms with Crippen LogP contribution in [-0.4, -0.2) is 62.0 Å². The Labute approximate surface area is 198 Å². The molecule has 8 nitrogen and oxygen atoms in total. The predicted molar refractivity (Wildman–Crippen MR) is 127 cm³/mol. The summed E-state index contributed by atoms with van der Waals surface area (Å²) in [5, 5.41) is 23.9. The van der Waals surface area contributed by atoms with Crippen LogP contribution in [0.5, 0.6) is 0 Å². The van der Waals surface area contributed by atoms with Gasteiger partial charge in [-0.3, -0.25) is 4.79 Å². The Bertz CT molecular complexity index is 1220. The standard InChI is InChI=1S/C25H26N2O6S/c28-23-22(33-17-25(23,30)16-26-24(29)20-9-5-2-6-10-20)15-27-34(31,32)21-13-11-19(12-14-21)18-7-3-1-4-8-18/h1-14,22-23,27-28,30H,15-17H2,(H,26,29)/t22-,23-,25+/m1/s1. The fourth-order valence-electron chi connectivity index (χ4n) is 3.76. The van der Waals surface area contributed by atoms with E-state index in [1.165, 1.54) is 12.1 Å². The lowest BCUT2D eigenvalue weighted by molar-refractivity contribution is -0.0462. The smallest absolute Gasteiger partial charge is 0.251 e. The topological polar surface area (TPSA) is 125 Å². The quantitative estimate of drug-likeness (QED) is 0.386. The van der Waals surface area contributed by atoms with Crippen molar-refractivity contribution in [1.29, 1.82) is 0 Å². The summed E-state index contributed by atoms with van der Waals surface area (Å²) >= 11 is 0. The summed E-state index contributed by atoms with van der Waals surface area (Å²) in [7, 11) is -3.86. The van der Waals surface area contributed by atoms with E-state index in [0.29, 0.717) is 5.56 Å². The second-order valence-electron chi connectivity index (χ2n) is 8.19. The van der Waals surface area contributed by atoms with E-state index in [4.69, 9.17) is 4.74 Å². The molecule has 1 amide bonds. The highest BCUT2D eigenvalue weighted by Gasteiger charge is 2.48. The Morgan fingerprint density at radius 3 is 2.18 bits per heavy atom. The zero-order valence-electron chi connectivity index (χ0n) is 18.3. The minimum Gasteiger partial charge on any atom is -0.387 e. The first-order chi connectivity index (χ1) is 16.3. The van der Waals surface area contributed by atoms with Crippen molar-refractivity contribution < 1.29 is 28.2 Å². The second-order valence-corrected chi connectivity index (χ2v) is 9.96. The van der Waals surface area contributed by atoms with Gasteiger partial charge in [-0.25, -0.2) is 13.1 Å². The lowest BCUT2D eigenvalue weighted by Crippen LogP contribution is -2.53. The van der Waals surface area contributed by atoms with E-state index >= 15 is 0 Å². The zero-order chi connectivity index (χ0) is 24.2. The number of aliphatic hydroxyl groups is 2. The summed E-state index contributed by atoms with van der Waals surface area (Å²) < 4.78 is 33.3. The van der Waals surface area contributed by atoms with Gasteiger partial charge in [0.1, 0.15) is 17.8 Å². The summed E-state index contributed by atoms with van der Waals surface area (Å²) in [6.07, 6.45) is -2.37. The number of rotatable bonds is 8. The van der Waals surface area contributed by atoms with Crippen LogP contribution in [0.4, 0.5) is 0 Å². The first-order valence-electron chi connectivity index (χ1n) is 10.8. The van der Waals surface area contributed by atoms with Crippen LogP contribution in [0.3, 0.4) is 0 Å². The predicted octanol–water partition coefficient (Wildman–Crippen LogP) is 1.55. The van der Waals surface area contributed by atoms with Gasteiger partial charge >= 0.3 is 0 Å². The molecule has 0 unspecified atom stereocenters. The molecule has 1 aliphatic rings. The molecule has 0 bridgehead atoms. The molecule has 1 aliphatic heterocycles. The highest BCUT2D eigenvalue weighted by Crippen LogP contribution is 2.25. The van der Waals surface area contributed by atoms with E-state index in [2.05, 4.69) is 10.0 Å². The van der Waals surface area contributed by atoms with Gasteiger partial charge in [0.05, 0.1) is 18.0 Å². The molecule has 0 aliphatic carbocycles. The number of sulfonamides is 1. The molecule has 0 spiro atoms. The Morgan fingerprint density at radius 1 is 0.941 bits per heavy atom. The molecule has 3 aromatic carbocycles. The van der Waals surface area contributed by atoms with Crippen molar-refractivity contribution in [3.8, 4) is 11.1 Å². The molecule has 1 fully saturated rings. The summed E-state index contributed by atoms with van der Waals surface area (Å²) in [5.41, 5.74) is 0.539. The van der Waals surface area contributed by atoms with Gasteiger partial charge in [-0.2, -0.15) is 0 Å². The molecule has 0 radical (unpaired) electrons. The van der Waals surface area contributed by atoms with Gasteiger partial charge in [-0.1, -0.05) is 60.7 Å². The van der Waals surface area contributed by atoms with Gasteiger partial charge in [0, 0.05) is 12.1 Å². The molecule has 34 heavy (non-hydrogen) atoms. The molecule has 3 atom stereocenters. The summed E-state index contributed by atoms with van der Waals surface area (Å²) in [4.78, 5) is 12.3. The first kappa shape index (κ1) is 24.1. The van der Waals surface area contributed by atoms with Gasteiger partial charge < -0.3 is 20.3 Å². The maximum Gasteiger partial charge on any atom is 0.251 e. The lowest BCUT2D eigenvalue weighted by Gasteiger charge is -2.26. The summed E-state index contributed by atoms with van der Waals surface area (Å²) in [6, 6.07) is 24.5. The SMILES string of the molecule is O=C(NC[C@]1(O)CO[C@H](CNS(=O)(=O)c2ccc(-c3ccccc3)cc2)[C@H]1O)c1ccccc1. The molecule has 0 saturated carbocycles. The Morgan fingerprint density at radius 2 is 1.53 bits per heavy atom. The van der Waals surface area contributed by atoms with Crippen LogP contribution < -0.4 is 10.0 Å². The normalized spacial score (nSPS) is 22.4. The van der Waals surface area contributed by atoms with Gasteiger partial charge in [0.25, 0.3) is 5.91 Å². The van der Waals surface area contributed by atoms with E-state index in [9.17, 15) is 23.4 Å². The molecule has 3 aromatic rings. The number of hydrogen-bond donors (Lipinski definition) is 4. The van der Waals surface area contributed by atoms with E-state index in [0.717, 1.165) is 11.1 Å². The van der Waals surface area contributed by atoms with Crippen molar-refractivity contribution in [3.05, 3.63) is 90.5 Å². The molecule has 9 heteroatoms. The molecule has 178 valence electrons. The average molecular weight is 483 g/mol. The fourth-order valence-corrected chi connectivity index (χ4v) is 4.80. The zero-order valence-corrected chi connectivity index (χ0v) is 19.1. The van der Waals surface area contributed by atoms with E-state index in [1.807, 2.05) is 30.3 Å². The number of nitrogens with one attached hydrogen (secondary N) is 2. The molecule has 0 aromatic heterocycles. The van der Waals surface area contributed by atoms with Crippen LogP contribution in [0.2, 0.25) is 0 Å². The van der Waals surface area contributed by atoms with E-state index in [-0.39, 0.29) is 24.6 Å². The number of aliphatic hydroxyl groups excluding tert-OH is 1. The number of amides is 1. The van der Waals surface area contributed by atoms with E-state index < -0.39 is 33.7 Å². The third-order valence-electron chi connectivity index (χ3n) is 5.79. The minimum atomic E-state index is -3.86. The van der Waals surface area contributed by atoms with Crippen molar-refractivity contribution in [2.75, 3.05) is 19.7 Å². The van der Waals surface area contributed by atoms with Crippen molar-refractivity contribution in [3.63, 3.8) is 0 Å². The number of carbonyl (C=O) groups is 1. The third-order valence-corrected chi connectivity index (χ3v) is 7.23. The fraction of sp³-hybridized carbons (Fsp3) is 0.240. The average Bonchev–Trinajstić information content (AvgIpc) is 3.16. The van der Waals surface area contributed by atoms with Crippen LogP contribution in [0.1, 0.15) is 10.4 Å². The maximum atomic E-state index is 12.7. The number of benzene rings is 3. The van der Waals surface area contributed by atoms with Crippen LogP contribution in [0.25, 0.3) is 11.1 Å². The third kappa shape index (κ3) is 5.35. The van der Waals surface area contributed by atoms with Gasteiger partial charge in [-0.15, -0.1) is 0 Å². The van der Waals surface area contributed by atoms with Crippen LogP contribution in [0, 0.1) is 0 Å². The summed E-state index contributed by atoms with van der Waals surface area (Å²) in [6.45, 7) is -0.730. The highest BCUT2D eigenvalue weighted by atomic mass is 32.2. The Balaban J connectivity index is 1.33. The first-order valence-corrected chi connectivity index (χ1v) is 12.3. The highest BCUT2D eigenvalue weighted by molar-refractivity contribution is 7.89. The number of carbonyl (C=O) groups excluding carboxylic acids is 1. The van der Waals surface area contributed by atoms with Crippen LogP contribution in [-0.2, 0) is 14.8 Å². The van der Waals surface area contributed by atoms with Gasteiger partial charge in [0.2, 0.25) is 10.0 Å². The largest absolute Gasteiger partial charge is 0.387 e. The van der Waals surface area contributed by atoms with Crippen molar-refractivity contribution in [2.45, 2.75) is 22.7 Å². The van der Waals surface area contributed by atoms with E-state index in [1.54, 1.807) is 42.5 Å². The second kappa shape index (κ2) is 10.0. The Hall–Kier alpha value is -3.08. The lowest BCUT2D eigenvalue weighted by atomic mass is 9.96. The molecule has 1 saturated heterocycles. The molecule has 4 N–H and O–H groups in total. The van der Waals surface area contributed by atoms with Crippen LogP contribution >= 0.6 is 0 Å². The van der Waals surface area contributed by atoms with Crippen LogP contribution in [0.15, 0.2) is 89.8 Å². The summed E-state index contributed by atoms with van der Waals surface area (Å²) in [5.74, 6) is -0.399. The molecule has 4 rings (SSSR count). The van der Waals surface area contributed by atoms with Crippen molar-refractivity contribution in [2.24, 2.45) is 0 Å².